The molecular formula is C14H17FN2O3S. The van der Waals surface area contributed by atoms with Gasteiger partial charge in [0.05, 0.1) is 12.5 Å². The molecule has 1 aliphatic rings. The Morgan fingerprint density at radius 3 is 2.95 bits per heavy atom. The Bertz CT molecular complexity index is 553. The van der Waals surface area contributed by atoms with Crippen molar-refractivity contribution < 1.29 is 19.1 Å². The number of thioether (sulfide) groups is 1. The number of aryl methyl sites for hydroxylation is 1. The van der Waals surface area contributed by atoms with E-state index >= 15 is 0 Å². The summed E-state index contributed by atoms with van der Waals surface area (Å²) in [6.45, 7) is 2.13. The molecule has 0 radical (unpaired) electrons. The van der Waals surface area contributed by atoms with Crippen molar-refractivity contribution in [2.75, 3.05) is 23.4 Å². The molecule has 2 N–H and O–H groups in total. The lowest BCUT2D eigenvalue weighted by Gasteiger charge is -2.34. The summed E-state index contributed by atoms with van der Waals surface area (Å²) in [5.74, 6) is 0.0547. The van der Waals surface area contributed by atoms with Crippen LogP contribution in [0.25, 0.3) is 0 Å². The van der Waals surface area contributed by atoms with Crippen LogP contribution in [0.5, 0.6) is 0 Å². The molecule has 1 aromatic rings. The van der Waals surface area contributed by atoms with E-state index in [4.69, 9.17) is 5.11 Å². The molecule has 2 rings (SSSR count). The Balaban J connectivity index is 2.06. The number of carboxylic acids is 1. The van der Waals surface area contributed by atoms with Gasteiger partial charge in [0, 0.05) is 23.7 Å². The third-order valence-corrected chi connectivity index (χ3v) is 4.41. The number of halogens is 1. The highest BCUT2D eigenvalue weighted by atomic mass is 32.2. The predicted molar refractivity (Wildman–Crippen MR) is 80.2 cm³/mol. The van der Waals surface area contributed by atoms with Crippen LogP contribution in [0.3, 0.4) is 0 Å². The molecule has 2 amide bonds. The van der Waals surface area contributed by atoms with Crippen LogP contribution < -0.4 is 5.32 Å². The standard InChI is InChI=1S/C14H17FN2O3S/c1-9-2-3-10(6-12(9)15)16-14(20)17-4-5-21-8-11(17)7-13(18)19/h2-3,6,11H,4-5,7-8H2,1H3,(H,16,20)(H,18,19). The maximum absolute atomic E-state index is 13.5. The van der Waals surface area contributed by atoms with E-state index in [-0.39, 0.29) is 24.3 Å². The number of nitrogens with zero attached hydrogens (tertiary/aromatic N) is 1. The third kappa shape index (κ3) is 4.10. The van der Waals surface area contributed by atoms with Gasteiger partial charge in [-0.25, -0.2) is 9.18 Å². The number of hydrogen-bond donors (Lipinski definition) is 2. The number of nitrogens with one attached hydrogen (secondary N) is 1. The van der Waals surface area contributed by atoms with E-state index < -0.39 is 5.97 Å². The van der Waals surface area contributed by atoms with Crippen LogP contribution in [-0.4, -0.2) is 46.1 Å². The highest BCUT2D eigenvalue weighted by Crippen LogP contribution is 2.21. The van der Waals surface area contributed by atoms with Gasteiger partial charge in [-0.3, -0.25) is 4.79 Å². The molecule has 1 aliphatic heterocycles. The minimum atomic E-state index is -0.929. The molecule has 1 aromatic carbocycles. The molecule has 1 saturated heterocycles. The number of urea groups is 1. The summed E-state index contributed by atoms with van der Waals surface area (Å²) in [7, 11) is 0. The number of carboxylic acid groups (broad SMARTS) is 1. The van der Waals surface area contributed by atoms with Crippen molar-refractivity contribution >= 4 is 29.4 Å². The molecule has 0 bridgehead atoms. The van der Waals surface area contributed by atoms with Crippen molar-refractivity contribution in [3.05, 3.63) is 29.6 Å². The zero-order chi connectivity index (χ0) is 15.4. The van der Waals surface area contributed by atoms with Gasteiger partial charge in [-0.2, -0.15) is 11.8 Å². The van der Waals surface area contributed by atoms with Crippen molar-refractivity contribution in [1.82, 2.24) is 4.90 Å². The number of rotatable bonds is 3. The van der Waals surface area contributed by atoms with E-state index in [1.165, 1.54) is 11.0 Å². The smallest absolute Gasteiger partial charge is 0.322 e. The molecular weight excluding hydrogens is 295 g/mol. The van der Waals surface area contributed by atoms with Gasteiger partial charge in [-0.15, -0.1) is 0 Å². The van der Waals surface area contributed by atoms with Gasteiger partial charge in [0.1, 0.15) is 5.82 Å². The topological polar surface area (TPSA) is 69.6 Å². The summed E-state index contributed by atoms with van der Waals surface area (Å²) in [4.78, 5) is 24.6. The number of aliphatic carboxylic acids is 1. The van der Waals surface area contributed by atoms with Crippen LogP contribution in [0.15, 0.2) is 18.2 Å². The monoisotopic (exact) mass is 312 g/mol. The molecule has 1 heterocycles. The van der Waals surface area contributed by atoms with Gasteiger partial charge in [-0.1, -0.05) is 6.07 Å². The normalized spacial score (nSPS) is 18.4. The number of carbonyl (C=O) groups excluding carboxylic acids is 1. The first-order valence-electron chi connectivity index (χ1n) is 6.60. The van der Waals surface area contributed by atoms with E-state index in [0.717, 1.165) is 5.75 Å². The van der Waals surface area contributed by atoms with Crippen LogP contribution in [0.1, 0.15) is 12.0 Å². The van der Waals surface area contributed by atoms with Gasteiger partial charge in [-0.05, 0) is 24.6 Å². The predicted octanol–water partition coefficient (Wildman–Crippen LogP) is 2.56. The molecule has 114 valence electrons. The number of hydrogen-bond acceptors (Lipinski definition) is 3. The fourth-order valence-corrected chi connectivity index (χ4v) is 3.22. The summed E-state index contributed by atoms with van der Waals surface area (Å²) in [5, 5.41) is 11.5. The molecule has 21 heavy (non-hydrogen) atoms. The molecule has 0 aromatic heterocycles. The van der Waals surface area contributed by atoms with Gasteiger partial charge in [0.25, 0.3) is 0 Å². The van der Waals surface area contributed by atoms with Crippen LogP contribution in [-0.2, 0) is 4.79 Å². The third-order valence-electron chi connectivity index (χ3n) is 3.32. The fraction of sp³-hybridized carbons (Fsp3) is 0.429. The minimum Gasteiger partial charge on any atom is -0.481 e. The Kier molecular flexibility index (Phi) is 5.06. The van der Waals surface area contributed by atoms with Crippen molar-refractivity contribution in [2.24, 2.45) is 0 Å². The number of benzene rings is 1. The first kappa shape index (κ1) is 15.6. The second kappa shape index (κ2) is 6.80. The Labute approximate surface area is 126 Å². The van der Waals surface area contributed by atoms with E-state index in [2.05, 4.69) is 5.32 Å². The first-order chi connectivity index (χ1) is 9.97. The lowest BCUT2D eigenvalue weighted by molar-refractivity contribution is -0.137. The molecule has 0 aliphatic carbocycles. The zero-order valence-corrected chi connectivity index (χ0v) is 12.5. The highest BCUT2D eigenvalue weighted by molar-refractivity contribution is 7.99. The maximum atomic E-state index is 13.5. The molecule has 0 spiro atoms. The first-order valence-corrected chi connectivity index (χ1v) is 7.76. The molecule has 1 fully saturated rings. The Morgan fingerprint density at radius 1 is 1.52 bits per heavy atom. The van der Waals surface area contributed by atoms with Crippen LogP contribution in [0, 0.1) is 12.7 Å². The number of carbonyl (C=O) groups is 2. The summed E-state index contributed by atoms with van der Waals surface area (Å²) >= 11 is 1.63. The average molecular weight is 312 g/mol. The molecule has 0 saturated carbocycles. The largest absolute Gasteiger partial charge is 0.481 e. The SMILES string of the molecule is Cc1ccc(NC(=O)N2CCSCC2CC(=O)O)cc1F. The summed E-state index contributed by atoms with van der Waals surface area (Å²) in [5.41, 5.74) is 0.876. The Morgan fingerprint density at radius 2 is 2.29 bits per heavy atom. The quantitative estimate of drug-likeness (QED) is 0.900. The summed E-state index contributed by atoms with van der Waals surface area (Å²) in [6, 6.07) is 3.76. The molecule has 5 nitrogen and oxygen atoms in total. The molecule has 7 heteroatoms. The van der Waals surface area contributed by atoms with E-state index in [0.29, 0.717) is 23.5 Å². The Hall–Kier alpha value is -1.76. The fourth-order valence-electron chi connectivity index (χ4n) is 2.16. The lowest BCUT2D eigenvalue weighted by Crippen LogP contribution is -2.48. The summed E-state index contributed by atoms with van der Waals surface area (Å²) < 4.78 is 13.5. The van der Waals surface area contributed by atoms with Gasteiger partial charge in [0.15, 0.2) is 0 Å². The van der Waals surface area contributed by atoms with Gasteiger partial charge >= 0.3 is 12.0 Å². The van der Waals surface area contributed by atoms with E-state index in [9.17, 15) is 14.0 Å². The minimum absolute atomic E-state index is 0.0807. The average Bonchev–Trinajstić information content (AvgIpc) is 2.43. The van der Waals surface area contributed by atoms with Gasteiger partial charge < -0.3 is 15.3 Å². The van der Waals surface area contributed by atoms with Crippen molar-refractivity contribution in [1.29, 1.82) is 0 Å². The van der Waals surface area contributed by atoms with Crippen molar-refractivity contribution in [3.8, 4) is 0 Å². The zero-order valence-electron chi connectivity index (χ0n) is 11.6. The number of amides is 2. The van der Waals surface area contributed by atoms with Crippen molar-refractivity contribution in [3.63, 3.8) is 0 Å². The van der Waals surface area contributed by atoms with E-state index in [1.54, 1.807) is 30.8 Å². The van der Waals surface area contributed by atoms with Crippen molar-refractivity contribution in [2.45, 2.75) is 19.4 Å². The van der Waals surface area contributed by atoms with Crippen LogP contribution in [0.2, 0.25) is 0 Å². The molecule has 1 atom stereocenters. The highest BCUT2D eigenvalue weighted by Gasteiger charge is 2.28. The second-order valence-corrected chi connectivity index (χ2v) is 6.06. The summed E-state index contributed by atoms with van der Waals surface area (Å²) in [6.07, 6.45) is -0.0807. The second-order valence-electron chi connectivity index (χ2n) is 4.91. The lowest BCUT2D eigenvalue weighted by atomic mass is 10.2. The molecule has 1 unspecified atom stereocenters. The maximum Gasteiger partial charge on any atom is 0.322 e. The van der Waals surface area contributed by atoms with Crippen LogP contribution in [0.4, 0.5) is 14.9 Å². The van der Waals surface area contributed by atoms with E-state index in [1.807, 2.05) is 0 Å². The number of anilines is 1. The van der Waals surface area contributed by atoms with Gasteiger partial charge in [0.2, 0.25) is 0 Å². The van der Waals surface area contributed by atoms with Crippen LogP contribution >= 0.6 is 11.8 Å².